The molecule has 0 aliphatic rings. The topological polar surface area (TPSA) is 30.2 Å². The van der Waals surface area contributed by atoms with Crippen LogP contribution >= 0.6 is 0 Å². The Hall–Kier alpha value is -2.09. The summed E-state index contributed by atoms with van der Waals surface area (Å²) in [5.41, 5.74) is 2.51. The van der Waals surface area contributed by atoms with Crippen molar-refractivity contribution in [2.75, 3.05) is 0 Å². The second-order valence-corrected chi connectivity index (χ2v) is 4.32. The van der Waals surface area contributed by atoms with Crippen molar-refractivity contribution >= 4 is 21.7 Å². The Morgan fingerprint density at radius 1 is 0.941 bits per heavy atom. The molecule has 0 amide bonds. The highest BCUT2D eigenvalue weighted by molar-refractivity contribution is 6.05. The van der Waals surface area contributed by atoms with Crippen LogP contribution in [-0.2, 0) is 0 Å². The fourth-order valence-electron chi connectivity index (χ4n) is 2.23. The second kappa shape index (κ2) is 3.45. The molecule has 17 heavy (non-hydrogen) atoms. The fourth-order valence-corrected chi connectivity index (χ4v) is 2.23. The lowest BCUT2D eigenvalue weighted by Crippen LogP contribution is -2.02. The molecule has 0 radical (unpaired) electrons. The molecule has 0 aliphatic carbocycles. The third-order valence-electron chi connectivity index (χ3n) is 3.32. The van der Waals surface area contributed by atoms with Crippen LogP contribution in [0.1, 0.15) is 11.1 Å². The molecule has 0 N–H and O–H groups in total. The molecule has 0 spiro atoms. The van der Waals surface area contributed by atoms with E-state index in [1.807, 2.05) is 50.2 Å². The Kier molecular flexibility index (Phi) is 2.05. The first kappa shape index (κ1) is 10.1. The molecule has 0 bridgehead atoms. The van der Waals surface area contributed by atoms with Gasteiger partial charge in [-0.1, -0.05) is 30.3 Å². The van der Waals surface area contributed by atoms with Crippen LogP contribution in [0.3, 0.4) is 0 Å². The van der Waals surface area contributed by atoms with Gasteiger partial charge in [-0.15, -0.1) is 0 Å². The van der Waals surface area contributed by atoms with E-state index >= 15 is 0 Å². The molecule has 0 atom stereocenters. The van der Waals surface area contributed by atoms with E-state index in [-0.39, 0.29) is 5.63 Å². The summed E-state index contributed by atoms with van der Waals surface area (Å²) in [7, 11) is 0. The van der Waals surface area contributed by atoms with E-state index in [0.29, 0.717) is 11.0 Å². The van der Waals surface area contributed by atoms with Crippen LogP contribution in [0.15, 0.2) is 45.6 Å². The van der Waals surface area contributed by atoms with Gasteiger partial charge in [0.25, 0.3) is 0 Å². The minimum atomic E-state index is -0.250. The van der Waals surface area contributed by atoms with Crippen LogP contribution in [-0.4, -0.2) is 0 Å². The third-order valence-corrected chi connectivity index (χ3v) is 3.32. The summed E-state index contributed by atoms with van der Waals surface area (Å²) in [5.74, 6) is 0. The SMILES string of the molecule is Cc1ccc2c(c1C)c(=O)oc1ccccc12. The molecule has 0 saturated carbocycles. The Morgan fingerprint density at radius 2 is 1.71 bits per heavy atom. The molecule has 3 aromatic rings. The van der Waals surface area contributed by atoms with Gasteiger partial charge in [-0.3, -0.25) is 0 Å². The number of hydrogen-bond donors (Lipinski definition) is 0. The summed E-state index contributed by atoms with van der Waals surface area (Å²) in [5, 5.41) is 2.66. The average molecular weight is 224 g/mol. The minimum absolute atomic E-state index is 0.250. The van der Waals surface area contributed by atoms with E-state index in [0.717, 1.165) is 21.9 Å². The first-order chi connectivity index (χ1) is 8.18. The van der Waals surface area contributed by atoms with Crippen molar-refractivity contribution in [2.45, 2.75) is 13.8 Å². The summed E-state index contributed by atoms with van der Waals surface area (Å²) >= 11 is 0. The van der Waals surface area contributed by atoms with E-state index < -0.39 is 0 Å². The van der Waals surface area contributed by atoms with Gasteiger partial charge in [0.15, 0.2) is 0 Å². The van der Waals surface area contributed by atoms with Crippen LogP contribution in [0.25, 0.3) is 21.7 Å². The molecule has 1 aromatic heterocycles. The number of fused-ring (bicyclic) bond motifs is 3. The van der Waals surface area contributed by atoms with Crippen molar-refractivity contribution in [1.82, 2.24) is 0 Å². The maximum absolute atomic E-state index is 12.0. The van der Waals surface area contributed by atoms with E-state index in [2.05, 4.69) is 0 Å². The van der Waals surface area contributed by atoms with Gasteiger partial charge in [-0.05, 0) is 31.0 Å². The Bertz CT molecular complexity index is 782. The summed E-state index contributed by atoms with van der Waals surface area (Å²) in [4.78, 5) is 12.0. The van der Waals surface area contributed by atoms with E-state index in [4.69, 9.17) is 4.42 Å². The van der Waals surface area contributed by atoms with Gasteiger partial charge < -0.3 is 4.42 Å². The highest BCUT2D eigenvalue weighted by atomic mass is 16.4. The van der Waals surface area contributed by atoms with Crippen molar-refractivity contribution in [3.63, 3.8) is 0 Å². The smallest absolute Gasteiger partial charge is 0.344 e. The zero-order chi connectivity index (χ0) is 12.0. The fraction of sp³-hybridized carbons (Fsp3) is 0.133. The average Bonchev–Trinajstić information content (AvgIpc) is 2.33. The van der Waals surface area contributed by atoms with Gasteiger partial charge in [0.1, 0.15) is 5.58 Å². The van der Waals surface area contributed by atoms with Crippen molar-refractivity contribution in [3.05, 3.63) is 57.9 Å². The van der Waals surface area contributed by atoms with Crippen LogP contribution in [0.4, 0.5) is 0 Å². The van der Waals surface area contributed by atoms with E-state index in [1.165, 1.54) is 0 Å². The predicted octanol–water partition coefficient (Wildman–Crippen LogP) is 3.56. The van der Waals surface area contributed by atoms with Gasteiger partial charge in [0.05, 0.1) is 5.39 Å². The normalized spacial score (nSPS) is 11.2. The molecule has 2 nitrogen and oxygen atoms in total. The summed E-state index contributed by atoms with van der Waals surface area (Å²) in [6, 6.07) is 11.7. The van der Waals surface area contributed by atoms with E-state index in [9.17, 15) is 4.79 Å². The summed E-state index contributed by atoms with van der Waals surface area (Å²) in [6.07, 6.45) is 0. The van der Waals surface area contributed by atoms with Gasteiger partial charge in [0.2, 0.25) is 0 Å². The van der Waals surface area contributed by atoms with Gasteiger partial charge in [-0.25, -0.2) is 4.79 Å². The number of rotatable bonds is 0. The minimum Gasteiger partial charge on any atom is -0.422 e. The van der Waals surface area contributed by atoms with Crippen molar-refractivity contribution < 1.29 is 4.42 Å². The lowest BCUT2D eigenvalue weighted by molar-refractivity contribution is 0.569. The maximum Gasteiger partial charge on any atom is 0.344 e. The zero-order valence-corrected chi connectivity index (χ0v) is 9.78. The van der Waals surface area contributed by atoms with Crippen LogP contribution in [0, 0.1) is 13.8 Å². The molecule has 84 valence electrons. The molecule has 0 fully saturated rings. The maximum atomic E-state index is 12.0. The number of para-hydroxylation sites is 1. The first-order valence-corrected chi connectivity index (χ1v) is 5.60. The second-order valence-electron chi connectivity index (χ2n) is 4.32. The molecule has 0 unspecified atom stereocenters. The number of hydrogen-bond acceptors (Lipinski definition) is 2. The quantitative estimate of drug-likeness (QED) is 0.431. The molecule has 2 heteroatoms. The summed E-state index contributed by atoms with van der Waals surface area (Å²) in [6.45, 7) is 3.97. The lowest BCUT2D eigenvalue weighted by atomic mass is 10.0. The summed E-state index contributed by atoms with van der Waals surface area (Å²) < 4.78 is 5.36. The van der Waals surface area contributed by atoms with Crippen molar-refractivity contribution in [1.29, 1.82) is 0 Å². The molecular weight excluding hydrogens is 212 g/mol. The molecule has 3 rings (SSSR count). The molecular formula is C15H12O2. The Morgan fingerprint density at radius 3 is 2.53 bits per heavy atom. The third kappa shape index (κ3) is 1.37. The number of aryl methyl sites for hydroxylation is 2. The van der Waals surface area contributed by atoms with Crippen LogP contribution in [0.2, 0.25) is 0 Å². The Balaban J connectivity index is 2.68. The standard InChI is InChI=1S/C15H12O2/c1-9-7-8-12-11-5-3-4-6-13(11)17-15(16)14(12)10(9)2/h3-8H,1-2H3. The van der Waals surface area contributed by atoms with Crippen LogP contribution < -0.4 is 5.63 Å². The monoisotopic (exact) mass is 224 g/mol. The molecule has 1 heterocycles. The van der Waals surface area contributed by atoms with Gasteiger partial charge >= 0.3 is 5.63 Å². The number of benzene rings is 2. The molecule has 0 aliphatic heterocycles. The Labute approximate surface area is 98.5 Å². The van der Waals surface area contributed by atoms with Crippen LogP contribution in [0.5, 0.6) is 0 Å². The largest absolute Gasteiger partial charge is 0.422 e. The molecule has 2 aromatic carbocycles. The van der Waals surface area contributed by atoms with Crippen molar-refractivity contribution in [2.24, 2.45) is 0 Å². The molecule has 0 saturated heterocycles. The first-order valence-electron chi connectivity index (χ1n) is 5.60. The lowest BCUT2D eigenvalue weighted by Gasteiger charge is -2.06. The van der Waals surface area contributed by atoms with Gasteiger partial charge in [0, 0.05) is 10.8 Å². The zero-order valence-electron chi connectivity index (χ0n) is 9.78. The highest BCUT2D eigenvalue weighted by Crippen LogP contribution is 2.25. The highest BCUT2D eigenvalue weighted by Gasteiger charge is 2.09. The van der Waals surface area contributed by atoms with Crippen molar-refractivity contribution in [3.8, 4) is 0 Å². The van der Waals surface area contributed by atoms with Gasteiger partial charge in [-0.2, -0.15) is 0 Å². The van der Waals surface area contributed by atoms with E-state index in [1.54, 1.807) is 0 Å². The predicted molar refractivity (Wildman–Crippen MR) is 69.5 cm³/mol.